The minimum atomic E-state index is -0.507. The quantitative estimate of drug-likeness (QED) is 0.396. The van der Waals surface area contributed by atoms with Crippen molar-refractivity contribution >= 4 is 39.3 Å². The summed E-state index contributed by atoms with van der Waals surface area (Å²) in [6.07, 6.45) is 4.59. The van der Waals surface area contributed by atoms with Crippen LogP contribution in [0, 0.1) is 0 Å². The van der Waals surface area contributed by atoms with Crippen molar-refractivity contribution < 1.29 is 13.9 Å². The second-order valence-corrected chi connectivity index (χ2v) is 7.88. The lowest BCUT2D eigenvalue weighted by Gasteiger charge is -2.07. The lowest BCUT2D eigenvalue weighted by molar-refractivity contribution is 0.0564. The lowest BCUT2D eigenvalue weighted by Crippen LogP contribution is -2.20. The Balaban J connectivity index is 1.67. The van der Waals surface area contributed by atoms with E-state index in [0.29, 0.717) is 10.9 Å². The first-order valence-electron chi connectivity index (χ1n) is 7.89. The molecule has 4 rings (SSSR count). The first-order chi connectivity index (χ1) is 12.1. The van der Waals surface area contributed by atoms with E-state index >= 15 is 0 Å². The molecule has 0 saturated heterocycles. The van der Waals surface area contributed by atoms with E-state index in [0.717, 1.165) is 35.0 Å². The summed E-state index contributed by atoms with van der Waals surface area (Å²) in [6.45, 7) is 0. The number of thiophene rings is 1. The van der Waals surface area contributed by atoms with E-state index in [1.165, 1.54) is 35.6 Å². The molecule has 3 aromatic heterocycles. The maximum absolute atomic E-state index is 12.8. The number of aryl methyl sites for hydroxylation is 2. The van der Waals surface area contributed by atoms with E-state index in [2.05, 4.69) is 0 Å². The smallest absolute Gasteiger partial charge is 0.374 e. The van der Waals surface area contributed by atoms with Gasteiger partial charge in [0.15, 0.2) is 5.16 Å². The van der Waals surface area contributed by atoms with Gasteiger partial charge < -0.3 is 9.15 Å². The molecule has 0 spiro atoms. The number of esters is 1. The molecular formula is C17H16N2O4S2. The van der Waals surface area contributed by atoms with Crippen LogP contribution >= 0.6 is 23.1 Å². The first-order valence-corrected chi connectivity index (χ1v) is 9.69. The molecule has 6 nitrogen and oxygen atoms in total. The fourth-order valence-corrected chi connectivity index (χ4v) is 5.35. The molecule has 8 heteroatoms. The van der Waals surface area contributed by atoms with Crippen molar-refractivity contribution in [2.24, 2.45) is 7.05 Å². The zero-order valence-corrected chi connectivity index (χ0v) is 15.5. The van der Waals surface area contributed by atoms with Gasteiger partial charge in [-0.05, 0) is 30.9 Å². The number of ether oxygens (including phenoxy) is 1. The zero-order valence-electron chi connectivity index (χ0n) is 13.8. The van der Waals surface area contributed by atoms with Gasteiger partial charge in [0.25, 0.3) is 5.56 Å². The molecule has 0 N–H and O–H groups in total. The summed E-state index contributed by atoms with van der Waals surface area (Å²) in [7, 11) is 3.06. The zero-order chi connectivity index (χ0) is 17.6. The van der Waals surface area contributed by atoms with Crippen LogP contribution in [0.25, 0.3) is 10.2 Å². The number of methoxy groups -OCH3 is 1. The molecule has 0 aromatic carbocycles. The SMILES string of the molecule is COC(=O)c1occc1CSc1nc2sc3c(c2c(=O)n1C)CCC3. The molecule has 0 fully saturated rings. The predicted molar refractivity (Wildman–Crippen MR) is 96.5 cm³/mol. The Morgan fingerprint density at radius 2 is 2.32 bits per heavy atom. The van der Waals surface area contributed by atoms with Gasteiger partial charge in [0.05, 0.1) is 18.8 Å². The molecule has 0 atom stereocenters. The number of furan rings is 1. The fourth-order valence-electron chi connectivity index (χ4n) is 3.10. The summed E-state index contributed by atoms with van der Waals surface area (Å²) in [6, 6.07) is 1.73. The molecular weight excluding hydrogens is 360 g/mol. The monoisotopic (exact) mass is 376 g/mol. The third kappa shape index (κ3) is 2.69. The average Bonchev–Trinajstić information content (AvgIpc) is 3.31. The van der Waals surface area contributed by atoms with Crippen LogP contribution in [-0.4, -0.2) is 22.6 Å². The van der Waals surface area contributed by atoms with Gasteiger partial charge in [-0.1, -0.05) is 11.8 Å². The number of fused-ring (bicyclic) bond motifs is 3. The molecule has 0 radical (unpaired) electrons. The van der Waals surface area contributed by atoms with E-state index in [9.17, 15) is 9.59 Å². The van der Waals surface area contributed by atoms with E-state index in [1.54, 1.807) is 29.0 Å². The number of hydrogen-bond acceptors (Lipinski definition) is 7. The molecule has 25 heavy (non-hydrogen) atoms. The van der Waals surface area contributed by atoms with E-state index in [4.69, 9.17) is 14.1 Å². The Morgan fingerprint density at radius 1 is 1.48 bits per heavy atom. The van der Waals surface area contributed by atoms with Crippen molar-refractivity contribution in [1.82, 2.24) is 9.55 Å². The standard InChI is InChI=1S/C17H16N2O4S2/c1-19-15(20)12-10-4-3-5-11(10)25-14(12)18-17(19)24-8-9-6-7-23-13(9)16(21)22-2/h6-7H,3-5,8H2,1-2H3. The highest BCUT2D eigenvalue weighted by Crippen LogP contribution is 2.35. The molecule has 0 aliphatic heterocycles. The van der Waals surface area contributed by atoms with Gasteiger partial charge in [-0.3, -0.25) is 9.36 Å². The van der Waals surface area contributed by atoms with Crippen LogP contribution in [0.5, 0.6) is 0 Å². The first kappa shape index (κ1) is 16.4. The summed E-state index contributed by atoms with van der Waals surface area (Å²) in [5, 5.41) is 1.41. The highest BCUT2D eigenvalue weighted by molar-refractivity contribution is 7.98. The normalized spacial score (nSPS) is 13.4. The maximum atomic E-state index is 12.8. The van der Waals surface area contributed by atoms with Crippen LogP contribution in [0.15, 0.2) is 26.7 Å². The number of carbonyl (C=O) groups excluding carboxylic acids is 1. The Labute approximate surface area is 151 Å². The second kappa shape index (κ2) is 6.34. The van der Waals surface area contributed by atoms with Crippen LogP contribution in [-0.2, 0) is 30.4 Å². The number of thioether (sulfide) groups is 1. The number of carbonyl (C=O) groups is 1. The molecule has 130 valence electrons. The Morgan fingerprint density at radius 3 is 3.12 bits per heavy atom. The average molecular weight is 376 g/mol. The van der Waals surface area contributed by atoms with Gasteiger partial charge >= 0.3 is 5.97 Å². The minimum Gasteiger partial charge on any atom is -0.463 e. The summed E-state index contributed by atoms with van der Waals surface area (Å²) in [4.78, 5) is 31.3. The van der Waals surface area contributed by atoms with Crippen LogP contribution in [0.1, 0.15) is 33.0 Å². The molecule has 1 aliphatic carbocycles. The predicted octanol–water partition coefficient (Wildman–Crippen LogP) is 3.16. The van der Waals surface area contributed by atoms with Gasteiger partial charge in [0, 0.05) is 23.2 Å². The molecule has 1 aliphatic rings. The van der Waals surface area contributed by atoms with Gasteiger partial charge in [-0.15, -0.1) is 11.3 Å². The highest BCUT2D eigenvalue weighted by Gasteiger charge is 2.23. The van der Waals surface area contributed by atoms with Crippen molar-refractivity contribution in [3.8, 4) is 0 Å². The topological polar surface area (TPSA) is 74.3 Å². The van der Waals surface area contributed by atoms with Crippen molar-refractivity contribution in [2.45, 2.75) is 30.2 Å². The van der Waals surface area contributed by atoms with Crippen molar-refractivity contribution in [1.29, 1.82) is 0 Å². The largest absolute Gasteiger partial charge is 0.463 e. The van der Waals surface area contributed by atoms with Crippen LogP contribution in [0.2, 0.25) is 0 Å². The molecule has 0 saturated carbocycles. The Hall–Kier alpha value is -2.06. The summed E-state index contributed by atoms with van der Waals surface area (Å²) in [5.74, 6) is 0.154. The Bertz CT molecular complexity index is 1030. The van der Waals surface area contributed by atoms with Gasteiger partial charge in [0.2, 0.25) is 5.76 Å². The van der Waals surface area contributed by atoms with Crippen molar-refractivity contribution in [3.05, 3.63) is 44.4 Å². The van der Waals surface area contributed by atoms with Gasteiger partial charge in [0.1, 0.15) is 4.83 Å². The maximum Gasteiger partial charge on any atom is 0.374 e. The van der Waals surface area contributed by atoms with E-state index in [-0.39, 0.29) is 11.3 Å². The third-order valence-electron chi connectivity index (χ3n) is 4.38. The van der Waals surface area contributed by atoms with Crippen molar-refractivity contribution in [2.75, 3.05) is 7.11 Å². The highest BCUT2D eigenvalue weighted by atomic mass is 32.2. The molecule has 0 bridgehead atoms. The van der Waals surface area contributed by atoms with Crippen molar-refractivity contribution in [3.63, 3.8) is 0 Å². The second-order valence-electron chi connectivity index (χ2n) is 5.85. The summed E-state index contributed by atoms with van der Waals surface area (Å²) < 4.78 is 11.5. The Kier molecular flexibility index (Phi) is 4.16. The molecule has 0 amide bonds. The molecule has 0 unspecified atom stereocenters. The minimum absolute atomic E-state index is 0.00675. The van der Waals surface area contributed by atoms with Crippen LogP contribution in [0.3, 0.4) is 0 Å². The van der Waals surface area contributed by atoms with Crippen LogP contribution in [0.4, 0.5) is 0 Å². The summed E-state index contributed by atoms with van der Waals surface area (Å²) >= 11 is 3.04. The summed E-state index contributed by atoms with van der Waals surface area (Å²) in [5.41, 5.74) is 1.92. The van der Waals surface area contributed by atoms with E-state index < -0.39 is 5.97 Å². The van der Waals surface area contributed by atoms with Gasteiger partial charge in [-0.2, -0.15) is 0 Å². The fraction of sp³-hybridized carbons (Fsp3) is 0.353. The number of nitrogens with zero attached hydrogens (tertiary/aromatic N) is 2. The molecule has 3 heterocycles. The number of rotatable bonds is 4. The lowest BCUT2D eigenvalue weighted by atomic mass is 10.2. The molecule has 3 aromatic rings. The third-order valence-corrected chi connectivity index (χ3v) is 6.64. The number of aromatic nitrogens is 2. The van der Waals surface area contributed by atoms with Crippen LogP contribution < -0.4 is 5.56 Å². The number of hydrogen-bond donors (Lipinski definition) is 0. The van der Waals surface area contributed by atoms with E-state index in [1.807, 2.05) is 0 Å². The van der Waals surface area contributed by atoms with Gasteiger partial charge in [-0.25, -0.2) is 9.78 Å².